The van der Waals surface area contributed by atoms with Crippen molar-refractivity contribution >= 4 is 29.5 Å². The molecule has 1 aliphatic carbocycles. The summed E-state index contributed by atoms with van der Waals surface area (Å²) in [6, 6.07) is 27.6. The van der Waals surface area contributed by atoms with E-state index in [0.717, 1.165) is 11.6 Å². The molecule has 1 heteroatoms. The summed E-state index contributed by atoms with van der Waals surface area (Å²) in [7, 11) is -0.0228. The van der Waals surface area contributed by atoms with E-state index in [9.17, 15) is 0 Å². The van der Waals surface area contributed by atoms with Crippen molar-refractivity contribution in [1.29, 1.82) is 0 Å². The molecule has 0 aromatic heterocycles. The van der Waals surface area contributed by atoms with Crippen molar-refractivity contribution in [3.63, 3.8) is 0 Å². The lowest BCUT2D eigenvalue weighted by Crippen LogP contribution is -2.10. The highest BCUT2D eigenvalue weighted by atomic mass is 31.1. The molecule has 4 aromatic rings. The average Bonchev–Trinajstić information content (AvgIpc) is 3.11. The van der Waals surface area contributed by atoms with Crippen molar-refractivity contribution in [1.82, 2.24) is 0 Å². The molecule has 0 radical (unpaired) electrons. The summed E-state index contributed by atoms with van der Waals surface area (Å²) in [5, 5.41) is 5.59. The van der Waals surface area contributed by atoms with E-state index >= 15 is 0 Å². The Hall–Kier alpha value is -2.17. The Balaban J connectivity index is 1.67. The van der Waals surface area contributed by atoms with Crippen molar-refractivity contribution in [3.05, 3.63) is 83.9 Å². The minimum atomic E-state index is -0.0228. The van der Waals surface area contributed by atoms with Crippen LogP contribution in [0.25, 0.3) is 32.7 Å². The van der Waals surface area contributed by atoms with E-state index in [1.165, 1.54) is 64.3 Å². The lowest BCUT2D eigenvalue weighted by atomic mass is 9.88. The second-order valence-corrected chi connectivity index (χ2v) is 11.5. The lowest BCUT2D eigenvalue weighted by Gasteiger charge is -2.27. The summed E-state index contributed by atoms with van der Waals surface area (Å²) in [4.78, 5) is 0. The van der Waals surface area contributed by atoms with Crippen LogP contribution in [0.1, 0.15) is 37.3 Å². The molecule has 0 amide bonds. The van der Waals surface area contributed by atoms with Crippen LogP contribution in [0.5, 0.6) is 0 Å². The predicted octanol–water partition coefficient (Wildman–Crippen LogP) is 8.34. The lowest BCUT2D eigenvalue weighted by molar-refractivity contribution is 0.617. The first-order valence-corrected chi connectivity index (χ1v) is 12.8. The Morgan fingerprint density at radius 3 is 1.72 bits per heavy atom. The fourth-order valence-electron chi connectivity index (χ4n) is 5.88. The van der Waals surface area contributed by atoms with Crippen molar-refractivity contribution in [2.24, 2.45) is 5.92 Å². The minimum absolute atomic E-state index is 0.0228. The first kappa shape index (κ1) is 17.7. The van der Waals surface area contributed by atoms with Gasteiger partial charge in [-0.3, -0.25) is 0 Å². The molecule has 0 spiro atoms. The number of hydrogen-bond acceptors (Lipinski definition) is 0. The minimum Gasteiger partial charge on any atom is -0.0942 e. The number of fused-ring (bicyclic) bond motifs is 7. The molecule has 0 nitrogen and oxygen atoms in total. The van der Waals surface area contributed by atoms with E-state index in [1.54, 1.807) is 11.1 Å². The molecule has 0 saturated heterocycles. The van der Waals surface area contributed by atoms with E-state index in [-0.39, 0.29) is 7.92 Å². The van der Waals surface area contributed by atoms with Gasteiger partial charge in [-0.2, -0.15) is 0 Å². The zero-order chi connectivity index (χ0) is 19.4. The third-order valence-corrected chi connectivity index (χ3v) is 10.5. The summed E-state index contributed by atoms with van der Waals surface area (Å²) >= 11 is 0. The van der Waals surface area contributed by atoms with Gasteiger partial charge >= 0.3 is 0 Å². The molecule has 29 heavy (non-hydrogen) atoms. The summed E-state index contributed by atoms with van der Waals surface area (Å²) < 4.78 is 0. The largest absolute Gasteiger partial charge is 0.0942 e. The van der Waals surface area contributed by atoms with Gasteiger partial charge in [-0.25, -0.2) is 0 Å². The topological polar surface area (TPSA) is 0 Å². The Kier molecular flexibility index (Phi) is 4.24. The van der Waals surface area contributed by atoms with Gasteiger partial charge in [0.1, 0.15) is 0 Å². The van der Waals surface area contributed by atoms with Crippen LogP contribution in [-0.4, -0.2) is 5.66 Å². The van der Waals surface area contributed by atoms with Gasteiger partial charge in [-0.1, -0.05) is 100 Å². The summed E-state index contributed by atoms with van der Waals surface area (Å²) in [6.45, 7) is 2.51. The summed E-state index contributed by atoms with van der Waals surface area (Å²) in [6.07, 6.45) is 6.87. The summed E-state index contributed by atoms with van der Waals surface area (Å²) in [5.74, 6) is 0.895. The van der Waals surface area contributed by atoms with Gasteiger partial charge in [0, 0.05) is 0 Å². The molecule has 0 N–H and O–H groups in total. The molecular weight excluding hydrogens is 367 g/mol. The van der Waals surface area contributed by atoms with Crippen molar-refractivity contribution < 1.29 is 0 Å². The highest BCUT2D eigenvalue weighted by molar-refractivity contribution is 7.56. The molecule has 1 aliphatic heterocycles. The highest BCUT2D eigenvalue weighted by Crippen LogP contribution is 2.59. The Morgan fingerprint density at radius 1 is 0.655 bits per heavy atom. The van der Waals surface area contributed by atoms with Gasteiger partial charge in [-0.15, -0.1) is 0 Å². The van der Waals surface area contributed by atoms with Gasteiger partial charge in [0.05, 0.1) is 0 Å². The zero-order valence-electron chi connectivity index (χ0n) is 17.1. The molecule has 1 unspecified atom stereocenters. The molecular formula is C28H27P. The van der Waals surface area contributed by atoms with Crippen LogP contribution >= 0.6 is 7.92 Å². The fourth-order valence-corrected chi connectivity index (χ4v) is 9.28. The first-order chi connectivity index (χ1) is 14.3. The van der Waals surface area contributed by atoms with E-state index in [4.69, 9.17) is 0 Å². The zero-order valence-corrected chi connectivity index (χ0v) is 18.0. The van der Waals surface area contributed by atoms with Crippen molar-refractivity contribution in [2.45, 2.75) is 44.2 Å². The fraction of sp³-hybridized carbons (Fsp3) is 0.286. The average molecular weight is 394 g/mol. The summed E-state index contributed by atoms with van der Waals surface area (Å²) in [5.41, 5.74) is 7.14. The van der Waals surface area contributed by atoms with Gasteiger partial charge in [0.2, 0.25) is 0 Å². The maximum absolute atomic E-state index is 2.51. The molecule has 0 bridgehead atoms. The van der Waals surface area contributed by atoms with E-state index < -0.39 is 0 Å². The highest BCUT2D eigenvalue weighted by Gasteiger charge is 2.33. The monoisotopic (exact) mass is 394 g/mol. The predicted molar refractivity (Wildman–Crippen MR) is 128 cm³/mol. The second kappa shape index (κ2) is 6.96. The third kappa shape index (κ3) is 2.84. The number of rotatable bonds is 1. The molecule has 2 aliphatic rings. The molecule has 4 aromatic carbocycles. The Bertz CT molecular complexity index is 1130. The van der Waals surface area contributed by atoms with Crippen molar-refractivity contribution in [2.75, 3.05) is 0 Å². The molecule has 1 fully saturated rings. The second-order valence-electron chi connectivity index (χ2n) is 9.02. The van der Waals surface area contributed by atoms with Crippen molar-refractivity contribution in [3.8, 4) is 11.1 Å². The quantitative estimate of drug-likeness (QED) is 0.285. The van der Waals surface area contributed by atoms with Gasteiger partial charge in [-0.05, 0) is 74.1 Å². The van der Waals surface area contributed by atoms with E-state index in [0.29, 0.717) is 0 Å². The van der Waals surface area contributed by atoms with Crippen LogP contribution in [0.4, 0.5) is 0 Å². The van der Waals surface area contributed by atoms with E-state index in [2.05, 4.69) is 79.7 Å². The maximum atomic E-state index is 2.51. The Labute approximate surface area is 174 Å². The van der Waals surface area contributed by atoms with Crippen LogP contribution in [-0.2, 0) is 12.3 Å². The molecule has 2 atom stereocenters. The van der Waals surface area contributed by atoms with Gasteiger partial charge in [0.15, 0.2) is 0 Å². The maximum Gasteiger partial charge on any atom is -0.00606 e. The van der Waals surface area contributed by atoms with Crippen LogP contribution < -0.4 is 0 Å². The molecule has 6 rings (SSSR count). The SMILES string of the molecule is CC1CCC[C@@H]1P1Cc2ccc3ccccc3c2-c2c(ccc3ccccc23)C1. The molecule has 1 heterocycles. The standard InChI is InChI=1S/C28H27P/c1-19-7-6-12-26(19)29-17-22-15-13-20-8-2-4-10-24(20)27(22)28-23(18-29)16-14-21-9-3-5-11-25(21)28/h2-5,8-11,13-16,19,26H,6-7,12,17-18H2,1H3/t19?,26-/m0/s1. The van der Waals surface area contributed by atoms with Crippen LogP contribution in [0.3, 0.4) is 0 Å². The van der Waals surface area contributed by atoms with E-state index in [1.807, 2.05) is 0 Å². The number of hydrogen-bond donors (Lipinski definition) is 0. The van der Waals surface area contributed by atoms with Crippen LogP contribution in [0, 0.1) is 5.92 Å². The van der Waals surface area contributed by atoms with Crippen LogP contribution in [0.15, 0.2) is 72.8 Å². The third-order valence-electron chi connectivity index (χ3n) is 7.31. The van der Waals surface area contributed by atoms with Gasteiger partial charge in [0.25, 0.3) is 0 Å². The normalized spacial score (nSPS) is 21.8. The first-order valence-electron chi connectivity index (χ1n) is 11.1. The molecule has 144 valence electrons. The molecule has 1 saturated carbocycles. The number of benzene rings is 4. The smallest absolute Gasteiger partial charge is 0.00606 e. The van der Waals surface area contributed by atoms with Gasteiger partial charge < -0.3 is 0 Å². The van der Waals surface area contributed by atoms with Crippen LogP contribution in [0.2, 0.25) is 0 Å². The Morgan fingerprint density at radius 2 is 1.21 bits per heavy atom.